The fraction of sp³-hybridized carbons (Fsp3) is 1.00. The third-order valence-corrected chi connectivity index (χ3v) is 1.71. The molecular weight excluding hydrogens is 158 g/mol. The maximum atomic E-state index is 2.26. The van der Waals surface area contributed by atoms with Gasteiger partial charge in [0.25, 0.3) is 0 Å². The van der Waals surface area contributed by atoms with Crippen molar-refractivity contribution in [1.82, 2.24) is 4.90 Å². The fourth-order valence-electron chi connectivity index (χ4n) is 1.03. The summed E-state index contributed by atoms with van der Waals surface area (Å²) in [5, 5.41) is 0. The monoisotopic (exact) mass is 187 g/mol. The zero-order valence-electron chi connectivity index (χ0n) is 10.4. The molecule has 1 heteroatoms. The molecule has 0 radical (unpaired) electrons. The van der Waals surface area contributed by atoms with Crippen molar-refractivity contribution in [3.05, 3.63) is 0 Å². The predicted molar refractivity (Wildman–Crippen MR) is 63.3 cm³/mol. The van der Waals surface area contributed by atoms with Crippen LogP contribution < -0.4 is 0 Å². The first-order valence-corrected chi connectivity index (χ1v) is 5.83. The van der Waals surface area contributed by atoms with E-state index in [9.17, 15) is 0 Å². The second-order valence-corrected chi connectivity index (χ2v) is 3.92. The van der Waals surface area contributed by atoms with Gasteiger partial charge >= 0.3 is 0 Å². The first kappa shape index (κ1) is 15.4. The summed E-state index contributed by atoms with van der Waals surface area (Å²) in [6.07, 6.45) is 8.21. The molecule has 82 valence electrons. The minimum absolute atomic E-state index is 1.25. The molecule has 0 unspecified atom stereocenters. The van der Waals surface area contributed by atoms with E-state index in [0.717, 1.165) is 0 Å². The van der Waals surface area contributed by atoms with Crippen molar-refractivity contribution < 1.29 is 0 Å². The summed E-state index contributed by atoms with van der Waals surface area (Å²) < 4.78 is 0. The van der Waals surface area contributed by atoms with Crippen molar-refractivity contribution in [2.45, 2.75) is 59.3 Å². The van der Waals surface area contributed by atoms with E-state index in [-0.39, 0.29) is 0 Å². The largest absolute Gasteiger partial charge is 0.309 e. The number of hydrogen-bond acceptors (Lipinski definition) is 1. The first-order chi connectivity index (χ1) is 6.18. The highest BCUT2D eigenvalue weighted by Gasteiger charge is 1.89. The molecule has 0 aromatic carbocycles. The van der Waals surface area contributed by atoms with Crippen LogP contribution in [0.25, 0.3) is 0 Å². The summed E-state index contributed by atoms with van der Waals surface area (Å²) in [5.41, 5.74) is 0. The van der Waals surface area contributed by atoms with Crippen LogP contribution in [0, 0.1) is 0 Å². The van der Waals surface area contributed by atoms with Gasteiger partial charge in [-0.15, -0.1) is 0 Å². The van der Waals surface area contributed by atoms with Crippen molar-refractivity contribution in [3.63, 3.8) is 0 Å². The number of hydrogen-bond donors (Lipinski definition) is 0. The molecule has 0 atom stereocenters. The summed E-state index contributed by atoms with van der Waals surface area (Å²) in [7, 11) is 4.28. The summed E-state index contributed by atoms with van der Waals surface area (Å²) in [4.78, 5) is 2.26. The fourth-order valence-corrected chi connectivity index (χ4v) is 1.03. The van der Waals surface area contributed by atoms with Crippen molar-refractivity contribution in [2.75, 3.05) is 20.6 Å². The molecule has 0 heterocycles. The molecule has 0 N–H and O–H groups in total. The molecule has 0 aromatic rings. The van der Waals surface area contributed by atoms with Gasteiger partial charge in [0.2, 0.25) is 0 Å². The summed E-state index contributed by atoms with van der Waals surface area (Å²) in [6.45, 7) is 7.76. The number of nitrogens with zero attached hydrogens (tertiary/aromatic N) is 1. The minimum Gasteiger partial charge on any atom is -0.309 e. The topological polar surface area (TPSA) is 3.24 Å². The lowest BCUT2D eigenvalue weighted by Gasteiger charge is -2.07. The van der Waals surface area contributed by atoms with E-state index in [1.807, 2.05) is 0 Å². The molecule has 0 fully saturated rings. The minimum atomic E-state index is 1.25. The number of unbranched alkanes of at least 4 members (excludes halogenated alkanes) is 4. The Kier molecular flexibility index (Phi) is 17.2. The second kappa shape index (κ2) is 14.5. The Labute approximate surface area is 85.5 Å². The molecule has 0 rings (SSSR count). The highest BCUT2D eigenvalue weighted by molar-refractivity contribution is 4.45. The van der Waals surface area contributed by atoms with Gasteiger partial charge in [0.1, 0.15) is 0 Å². The van der Waals surface area contributed by atoms with E-state index < -0.39 is 0 Å². The lowest BCUT2D eigenvalue weighted by Crippen LogP contribution is -2.12. The third kappa shape index (κ3) is 24.5. The lowest BCUT2D eigenvalue weighted by atomic mass is 10.1. The van der Waals surface area contributed by atoms with E-state index in [1.165, 1.54) is 45.1 Å². The Morgan fingerprint density at radius 3 is 1.62 bits per heavy atom. The maximum absolute atomic E-state index is 2.26. The molecule has 0 aliphatic carbocycles. The van der Waals surface area contributed by atoms with Crippen LogP contribution in [0.1, 0.15) is 59.3 Å². The number of rotatable bonds is 6. The van der Waals surface area contributed by atoms with Gasteiger partial charge in [-0.2, -0.15) is 0 Å². The molecule has 0 aromatic heterocycles. The molecule has 0 saturated heterocycles. The van der Waals surface area contributed by atoms with Crippen molar-refractivity contribution in [3.8, 4) is 0 Å². The molecule has 1 nitrogen and oxygen atoms in total. The van der Waals surface area contributed by atoms with Gasteiger partial charge in [-0.25, -0.2) is 0 Å². The molecule has 13 heavy (non-hydrogen) atoms. The van der Waals surface area contributed by atoms with Gasteiger partial charge in [0.15, 0.2) is 0 Å². The van der Waals surface area contributed by atoms with Crippen LogP contribution in [0.4, 0.5) is 0 Å². The van der Waals surface area contributed by atoms with Crippen LogP contribution in [0.5, 0.6) is 0 Å². The Bertz CT molecular complexity index is 69.5. The van der Waals surface area contributed by atoms with Gasteiger partial charge < -0.3 is 4.90 Å². The zero-order chi connectivity index (χ0) is 10.5. The van der Waals surface area contributed by atoms with Gasteiger partial charge in [-0.05, 0) is 27.1 Å². The highest BCUT2D eigenvalue weighted by Crippen LogP contribution is 2.01. The average Bonchev–Trinajstić information content (AvgIpc) is 2.05. The predicted octanol–water partition coefficient (Wildman–Crippen LogP) is 3.93. The van der Waals surface area contributed by atoms with E-state index in [0.29, 0.717) is 0 Å². The van der Waals surface area contributed by atoms with Crippen LogP contribution in [0.3, 0.4) is 0 Å². The Morgan fingerprint density at radius 1 is 0.769 bits per heavy atom. The van der Waals surface area contributed by atoms with Crippen LogP contribution in [0.2, 0.25) is 0 Å². The van der Waals surface area contributed by atoms with Crippen LogP contribution in [-0.4, -0.2) is 25.5 Å². The highest BCUT2D eigenvalue weighted by atomic mass is 15.0. The first-order valence-electron chi connectivity index (χ1n) is 5.83. The van der Waals surface area contributed by atoms with Crippen molar-refractivity contribution in [2.24, 2.45) is 0 Å². The SMILES string of the molecule is CCC.CCCCCCCN(C)C. The smallest absolute Gasteiger partial charge is 0.00248 e. The van der Waals surface area contributed by atoms with E-state index >= 15 is 0 Å². The quantitative estimate of drug-likeness (QED) is 0.569. The molecule has 0 spiro atoms. The zero-order valence-corrected chi connectivity index (χ0v) is 10.4. The molecule has 0 aliphatic heterocycles. The second-order valence-electron chi connectivity index (χ2n) is 3.92. The van der Waals surface area contributed by atoms with Crippen LogP contribution in [0.15, 0.2) is 0 Å². The van der Waals surface area contributed by atoms with Gasteiger partial charge in [-0.1, -0.05) is 52.9 Å². The van der Waals surface area contributed by atoms with E-state index in [1.54, 1.807) is 0 Å². The molecule has 0 aliphatic rings. The van der Waals surface area contributed by atoms with Gasteiger partial charge in [0, 0.05) is 0 Å². The lowest BCUT2D eigenvalue weighted by molar-refractivity contribution is 0.390. The van der Waals surface area contributed by atoms with E-state index in [2.05, 4.69) is 39.8 Å². The van der Waals surface area contributed by atoms with Gasteiger partial charge in [0.05, 0.1) is 0 Å². The maximum Gasteiger partial charge on any atom is -0.00248 e. The summed E-state index contributed by atoms with van der Waals surface area (Å²) in [5.74, 6) is 0. The summed E-state index contributed by atoms with van der Waals surface area (Å²) in [6, 6.07) is 0. The Balaban J connectivity index is 0. The molecule has 0 bridgehead atoms. The molecule has 0 saturated carbocycles. The van der Waals surface area contributed by atoms with Gasteiger partial charge in [-0.3, -0.25) is 0 Å². The van der Waals surface area contributed by atoms with Crippen molar-refractivity contribution in [1.29, 1.82) is 0 Å². The molecular formula is C12H29N. The Morgan fingerprint density at radius 2 is 1.23 bits per heavy atom. The summed E-state index contributed by atoms with van der Waals surface area (Å²) >= 11 is 0. The van der Waals surface area contributed by atoms with Crippen LogP contribution >= 0.6 is 0 Å². The normalized spacial score (nSPS) is 9.69. The van der Waals surface area contributed by atoms with Crippen molar-refractivity contribution >= 4 is 0 Å². The molecule has 0 amide bonds. The third-order valence-electron chi connectivity index (χ3n) is 1.71. The van der Waals surface area contributed by atoms with E-state index in [4.69, 9.17) is 0 Å². The van der Waals surface area contributed by atoms with Crippen LogP contribution in [-0.2, 0) is 0 Å². The average molecular weight is 187 g/mol. The Hall–Kier alpha value is -0.0400. The standard InChI is InChI=1S/C9H21N.C3H8/c1-4-5-6-7-8-9-10(2)3;1-3-2/h4-9H2,1-3H3;3H2,1-2H3.